The summed E-state index contributed by atoms with van der Waals surface area (Å²) < 4.78 is 37.5. The largest absolute Gasteiger partial charge is 0.481 e. The van der Waals surface area contributed by atoms with Crippen LogP contribution in [0.15, 0.2) is 12.3 Å². The number of nitrogens with zero attached hydrogens (tertiary/aromatic N) is 2. The number of hydrogen-bond acceptors (Lipinski definition) is 4. The van der Waals surface area contributed by atoms with Gasteiger partial charge in [-0.3, -0.25) is 9.59 Å². The van der Waals surface area contributed by atoms with Crippen molar-refractivity contribution in [3.63, 3.8) is 0 Å². The van der Waals surface area contributed by atoms with Crippen LogP contribution in [0.4, 0.5) is 19.0 Å². The molecule has 0 spiro atoms. The summed E-state index contributed by atoms with van der Waals surface area (Å²) in [7, 11) is 1.48. The fraction of sp³-hybridized carbons (Fsp3) is 0.500. The Morgan fingerprint density at radius 1 is 1.46 bits per heavy atom. The van der Waals surface area contributed by atoms with Crippen molar-refractivity contribution in [1.82, 2.24) is 9.88 Å². The predicted octanol–water partition coefficient (Wildman–Crippen LogP) is 2.73. The van der Waals surface area contributed by atoms with Gasteiger partial charge in [-0.25, -0.2) is 4.98 Å². The Bertz CT molecular complexity index is 611. The Morgan fingerprint density at radius 2 is 2.08 bits per heavy atom. The van der Waals surface area contributed by atoms with Gasteiger partial charge in [-0.15, -0.1) is 0 Å². The van der Waals surface area contributed by atoms with Crippen molar-refractivity contribution >= 4 is 29.3 Å². The van der Waals surface area contributed by atoms with Crippen molar-refractivity contribution in [3.8, 4) is 0 Å². The SMILES string of the molecule is CC(CN(C)C(=O)CCNc1ncc(C(F)(F)F)cc1Cl)C(=O)O. The lowest BCUT2D eigenvalue weighted by atomic mass is 10.1. The van der Waals surface area contributed by atoms with E-state index >= 15 is 0 Å². The number of carboxylic acid groups (broad SMARTS) is 1. The summed E-state index contributed by atoms with van der Waals surface area (Å²) in [5.41, 5.74) is -0.962. The van der Waals surface area contributed by atoms with Crippen LogP contribution >= 0.6 is 11.6 Å². The number of carbonyl (C=O) groups excluding carboxylic acids is 1. The lowest BCUT2D eigenvalue weighted by molar-refractivity contribution is -0.142. The van der Waals surface area contributed by atoms with Gasteiger partial charge in [0.25, 0.3) is 0 Å². The van der Waals surface area contributed by atoms with E-state index in [-0.39, 0.29) is 36.3 Å². The molecule has 0 fully saturated rings. The van der Waals surface area contributed by atoms with Crippen LogP contribution in [-0.2, 0) is 15.8 Å². The third-order valence-electron chi connectivity index (χ3n) is 3.19. The zero-order valence-electron chi connectivity index (χ0n) is 13.0. The van der Waals surface area contributed by atoms with E-state index in [0.717, 1.165) is 6.07 Å². The molecule has 24 heavy (non-hydrogen) atoms. The Balaban J connectivity index is 2.53. The van der Waals surface area contributed by atoms with Crippen LogP contribution in [0.5, 0.6) is 0 Å². The molecule has 0 aliphatic heterocycles. The fourth-order valence-corrected chi connectivity index (χ4v) is 2.03. The first-order chi connectivity index (χ1) is 11.0. The second-order valence-corrected chi connectivity index (χ2v) is 5.65. The number of hydrogen-bond donors (Lipinski definition) is 2. The fourth-order valence-electron chi connectivity index (χ4n) is 1.79. The molecule has 0 aliphatic carbocycles. The lowest BCUT2D eigenvalue weighted by Gasteiger charge is -2.19. The number of amides is 1. The standard InChI is InChI=1S/C14H17ClF3N3O3/c1-8(13(23)24)7-21(2)11(22)3-4-19-12-10(15)5-9(6-20-12)14(16,17)18/h5-6,8H,3-4,7H2,1-2H3,(H,19,20)(H,23,24). The van der Waals surface area contributed by atoms with Gasteiger partial charge in [0.05, 0.1) is 16.5 Å². The van der Waals surface area contributed by atoms with E-state index in [2.05, 4.69) is 10.3 Å². The van der Waals surface area contributed by atoms with Gasteiger partial charge >= 0.3 is 12.1 Å². The maximum absolute atomic E-state index is 12.5. The van der Waals surface area contributed by atoms with E-state index in [4.69, 9.17) is 16.7 Å². The molecule has 1 amide bonds. The number of aliphatic carboxylic acids is 1. The quantitative estimate of drug-likeness (QED) is 0.774. The van der Waals surface area contributed by atoms with Gasteiger partial charge in [0.2, 0.25) is 5.91 Å². The number of anilines is 1. The van der Waals surface area contributed by atoms with E-state index in [1.165, 1.54) is 18.9 Å². The number of nitrogens with one attached hydrogen (secondary N) is 1. The molecule has 10 heteroatoms. The molecule has 1 aromatic rings. The molecule has 1 rings (SSSR count). The minimum Gasteiger partial charge on any atom is -0.481 e. The molecule has 0 aromatic carbocycles. The Hall–Kier alpha value is -2.03. The molecule has 134 valence electrons. The third-order valence-corrected chi connectivity index (χ3v) is 3.48. The highest BCUT2D eigenvalue weighted by molar-refractivity contribution is 6.32. The summed E-state index contributed by atoms with van der Waals surface area (Å²) in [5.74, 6) is -1.97. The number of carbonyl (C=O) groups is 2. The lowest BCUT2D eigenvalue weighted by Crippen LogP contribution is -2.34. The molecule has 1 unspecified atom stereocenters. The molecule has 1 heterocycles. The van der Waals surface area contributed by atoms with Gasteiger partial charge in [0, 0.05) is 32.8 Å². The smallest absolute Gasteiger partial charge is 0.417 e. The monoisotopic (exact) mass is 367 g/mol. The summed E-state index contributed by atoms with van der Waals surface area (Å²) in [4.78, 5) is 27.5. The van der Waals surface area contributed by atoms with Gasteiger partial charge in [0.1, 0.15) is 5.82 Å². The molecule has 1 atom stereocenters. The first kappa shape index (κ1) is 20.0. The number of alkyl halides is 3. The van der Waals surface area contributed by atoms with Crippen molar-refractivity contribution in [1.29, 1.82) is 0 Å². The van der Waals surface area contributed by atoms with Gasteiger partial charge in [-0.2, -0.15) is 13.2 Å². The molecule has 0 aliphatic rings. The van der Waals surface area contributed by atoms with E-state index < -0.39 is 23.6 Å². The van der Waals surface area contributed by atoms with E-state index in [1.807, 2.05) is 0 Å². The van der Waals surface area contributed by atoms with E-state index in [9.17, 15) is 22.8 Å². The molecule has 2 N–H and O–H groups in total. The van der Waals surface area contributed by atoms with E-state index in [1.54, 1.807) is 0 Å². The second kappa shape index (κ2) is 8.18. The maximum atomic E-state index is 12.5. The summed E-state index contributed by atoms with van der Waals surface area (Å²) in [5, 5.41) is 11.3. The molecule has 1 aromatic heterocycles. The highest BCUT2D eigenvalue weighted by atomic mass is 35.5. The topological polar surface area (TPSA) is 82.5 Å². The number of aromatic nitrogens is 1. The summed E-state index contributed by atoms with van der Waals surface area (Å²) in [6.07, 6.45) is -3.87. The Kier molecular flexibility index (Phi) is 6.82. The molecule has 0 saturated carbocycles. The summed E-state index contributed by atoms with van der Waals surface area (Å²) in [6.45, 7) is 1.65. The predicted molar refractivity (Wildman–Crippen MR) is 81.8 cm³/mol. The van der Waals surface area contributed by atoms with Crippen molar-refractivity contribution in [2.75, 3.05) is 25.5 Å². The average Bonchev–Trinajstić information content (AvgIpc) is 2.47. The van der Waals surface area contributed by atoms with Crippen LogP contribution in [0.1, 0.15) is 18.9 Å². The number of carboxylic acids is 1. The molecule has 0 saturated heterocycles. The second-order valence-electron chi connectivity index (χ2n) is 5.24. The van der Waals surface area contributed by atoms with Gasteiger partial charge in [-0.05, 0) is 6.07 Å². The molecule has 0 bridgehead atoms. The van der Waals surface area contributed by atoms with Crippen LogP contribution in [0.25, 0.3) is 0 Å². The normalized spacial score (nSPS) is 12.6. The van der Waals surface area contributed by atoms with Crippen LogP contribution in [-0.4, -0.2) is 47.0 Å². The minimum absolute atomic E-state index is 0.0157. The number of halogens is 4. The van der Waals surface area contributed by atoms with Crippen molar-refractivity contribution in [3.05, 3.63) is 22.8 Å². The molecular weight excluding hydrogens is 351 g/mol. The van der Waals surface area contributed by atoms with Crippen LogP contribution in [0.3, 0.4) is 0 Å². The van der Waals surface area contributed by atoms with Crippen LogP contribution in [0, 0.1) is 5.92 Å². The molecular formula is C14H17ClF3N3O3. The summed E-state index contributed by atoms with van der Waals surface area (Å²) in [6, 6.07) is 0.749. The van der Waals surface area contributed by atoms with Crippen LogP contribution in [0.2, 0.25) is 5.02 Å². The van der Waals surface area contributed by atoms with Crippen LogP contribution < -0.4 is 5.32 Å². The summed E-state index contributed by atoms with van der Waals surface area (Å²) >= 11 is 5.73. The highest BCUT2D eigenvalue weighted by Crippen LogP contribution is 2.32. The van der Waals surface area contributed by atoms with Gasteiger partial charge in [-0.1, -0.05) is 18.5 Å². The highest BCUT2D eigenvalue weighted by Gasteiger charge is 2.31. The zero-order valence-corrected chi connectivity index (χ0v) is 13.8. The maximum Gasteiger partial charge on any atom is 0.417 e. The van der Waals surface area contributed by atoms with Gasteiger partial charge < -0.3 is 15.3 Å². The van der Waals surface area contributed by atoms with Crippen molar-refractivity contribution < 1.29 is 27.9 Å². The van der Waals surface area contributed by atoms with Crippen molar-refractivity contribution in [2.24, 2.45) is 5.92 Å². The average molecular weight is 368 g/mol. The number of rotatable bonds is 7. The minimum atomic E-state index is -4.53. The third kappa shape index (κ3) is 5.88. The van der Waals surface area contributed by atoms with E-state index in [0.29, 0.717) is 6.20 Å². The molecule has 0 radical (unpaired) electrons. The first-order valence-corrected chi connectivity index (χ1v) is 7.33. The van der Waals surface area contributed by atoms with Gasteiger partial charge in [0.15, 0.2) is 0 Å². The van der Waals surface area contributed by atoms with Crippen molar-refractivity contribution in [2.45, 2.75) is 19.5 Å². The first-order valence-electron chi connectivity index (χ1n) is 6.95. The Labute approximate surface area is 141 Å². The molecule has 6 nitrogen and oxygen atoms in total. The Morgan fingerprint density at radius 3 is 2.58 bits per heavy atom. The zero-order chi connectivity index (χ0) is 18.5. The number of pyridine rings is 1.